The first-order valence-electron chi connectivity index (χ1n) is 6.15. The number of carbonyl (C=O) groups is 1. The lowest BCUT2D eigenvalue weighted by Gasteiger charge is -2.24. The molecular formula is C15H17NO3. The number of aliphatic imine (C=N–C) groups is 1. The van der Waals surface area contributed by atoms with Crippen LogP contribution in [0.3, 0.4) is 0 Å². The highest BCUT2D eigenvalue weighted by molar-refractivity contribution is 5.99. The highest BCUT2D eigenvalue weighted by Gasteiger charge is 2.50. The van der Waals surface area contributed by atoms with Crippen molar-refractivity contribution >= 4 is 11.9 Å². The zero-order valence-electron chi connectivity index (χ0n) is 11.1. The average Bonchev–Trinajstić information content (AvgIpc) is 2.78. The third kappa shape index (κ3) is 2.26. The van der Waals surface area contributed by atoms with Crippen LogP contribution in [-0.4, -0.2) is 30.6 Å². The summed E-state index contributed by atoms with van der Waals surface area (Å²) in [6, 6.07) is 9.51. The Morgan fingerprint density at radius 2 is 2.21 bits per heavy atom. The molecule has 0 radical (unpaired) electrons. The molecule has 0 bridgehead atoms. The first-order chi connectivity index (χ1) is 9.14. The molecule has 2 rings (SSSR count). The molecule has 0 amide bonds. The van der Waals surface area contributed by atoms with E-state index in [1.54, 1.807) is 6.08 Å². The summed E-state index contributed by atoms with van der Waals surface area (Å²) in [5.41, 5.74) is -0.175. The van der Waals surface area contributed by atoms with Crippen molar-refractivity contribution in [2.24, 2.45) is 4.99 Å². The van der Waals surface area contributed by atoms with Crippen LogP contribution in [0.25, 0.3) is 0 Å². The number of rotatable bonds is 4. The Balaban J connectivity index is 2.42. The first-order valence-corrected chi connectivity index (χ1v) is 6.15. The van der Waals surface area contributed by atoms with E-state index in [0.717, 1.165) is 5.56 Å². The number of hydrogen-bond acceptors (Lipinski definition) is 4. The Hall–Kier alpha value is -2.10. The van der Waals surface area contributed by atoms with Gasteiger partial charge in [0, 0.05) is 12.0 Å². The van der Waals surface area contributed by atoms with Gasteiger partial charge in [-0.3, -0.25) is 0 Å². The van der Waals surface area contributed by atoms with Gasteiger partial charge in [-0.2, -0.15) is 0 Å². The van der Waals surface area contributed by atoms with Gasteiger partial charge in [0.05, 0.1) is 7.11 Å². The minimum Gasteiger partial charge on any atom is -0.471 e. The molecule has 4 nitrogen and oxygen atoms in total. The number of nitrogens with zero attached hydrogens (tertiary/aromatic N) is 1. The summed E-state index contributed by atoms with van der Waals surface area (Å²) < 4.78 is 10.6. The first kappa shape index (κ1) is 13.3. The summed E-state index contributed by atoms with van der Waals surface area (Å²) in [5.74, 6) is 0.0752. The number of carbonyl (C=O) groups excluding carboxylic acids is 1. The third-order valence-electron chi connectivity index (χ3n) is 3.28. The normalized spacial score (nSPS) is 25.4. The molecule has 100 valence electrons. The van der Waals surface area contributed by atoms with Gasteiger partial charge in [-0.25, -0.2) is 9.79 Å². The van der Waals surface area contributed by atoms with E-state index >= 15 is 0 Å². The maximum Gasteiger partial charge on any atom is 0.338 e. The van der Waals surface area contributed by atoms with E-state index in [-0.39, 0.29) is 6.10 Å². The topological polar surface area (TPSA) is 47.9 Å². The van der Waals surface area contributed by atoms with Gasteiger partial charge in [0.2, 0.25) is 11.4 Å². The highest BCUT2D eigenvalue weighted by Crippen LogP contribution is 2.32. The largest absolute Gasteiger partial charge is 0.471 e. The summed E-state index contributed by atoms with van der Waals surface area (Å²) in [6.45, 7) is 5.50. The highest BCUT2D eigenvalue weighted by atomic mass is 16.5. The maximum absolute atomic E-state index is 12.1. The Kier molecular flexibility index (Phi) is 3.69. The van der Waals surface area contributed by atoms with Crippen LogP contribution >= 0.6 is 0 Å². The Morgan fingerprint density at radius 3 is 2.79 bits per heavy atom. The van der Waals surface area contributed by atoms with Crippen molar-refractivity contribution < 1.29 is 14.3 Å². The quantitative estimate of drug-likeness (QED) is 0.616. The molecule has 1 aromatic carbocycles. The van der Waals surface area contributed by atoms with E-state index in [1.807, 2.05) is 37.3 Å². The van der Waals surface area contributed by atoms with Crippen molar-refractivity contribution in [3.05, 3.63) is 48.6 Å². The fourth-order valence-electron chi connectivity index (χ4n) is 2.18. The molecule has 0 saturated carbocycles. The van der Waals surface area contributed by atoms with Crippen LogP contribution < -0.4 is 0 Å². The molecular weight excluding hydrogens is 242 g/mol. The van der Waals surface area contributed by atoms with Crippen molar-refractivity contribution in [1.29, 1.82) is 0 Å². The van der Waals surface area contributed by atoms with Gasteiger partial charge < -0.3 is 9.47 Å². The summed E-state index contributed by atoms with van der Waals surface area (Å²) >= 11 is 0. The molecule has 1 aliphatic rings. The Bertz CT molecular complexity index is 509. The lowest BCUT2D eigenvalue weighted by molar-refractivity contribution is -0.149. The Labute approximate surface area is 112 Å². The van der Waals surface area contributed by atoms with Gasteiger partial charge in [0.15, 0.2) is 0 Å². The Morgan fingerprint density at radius 1 is 1.53 bits per heavy atom. The number of ether oxygens (including phenoxy) is 2. The van der Waals surface area contributed by atoms with Crippen LogP contribution in [0.15, 0.2) is 48.0 Å². The second-order valence-electron chi connectivity index (χ2n) is 4.45. The number of esters is 1. The SMILES string of the molecule is C=CCC1(C(=O)OC)N=C(c2ccccc2)OC1C. The summed E-state index contributed by atoms with van der Waals surface area (Å²) in [7, 11) is 1.36. The van der Waals surface area contributed by atoms with E-state index < -0.39 is 11.5 Å². The smallest absolute Gasteiger partial charge is 0.338 e. The summed E-state index contributed by atoms with van der Waals surface area (Å²) in [4.78, 5) is 16.5. The molecule has 1 aliphatic heterocycles. The molecule has 0 spiro atoms. The fraction of sp³-hybridized carbons (Fsp3) is 0.333. The van der Waals surface area contributed by atoms with Crippen molar-refractivity contribution in [3.63, 3.8) is 0 Å². The van der Waals surface area contributed by atoms with E-state index in [4.69, 9.17) is 9.47 Å². The third-order valence-corrected chi connectivity index (χ3v) is 3.28. The summed E-state index contributed by atoms with van der Waals surface area (Å²) in [6.07, 6.45) is 1.67. The minimum absolute atomic E-state index is 0.381. The van der Waals surface area contributed by atoms with Crippen LogP contribution in [-0.2, 0) is 14.3 Å². The minimum atomic E-state index is -1.03. The molecule has 0 fully saturated rings. The van der Waals surface area contributed by atoms with Crippen LogP contribution in [0.2, 0.25) is 0 Å². The molecule has 1 heterocycles. The van der Waals surface area contributed by atoms with Crippen molar-refractivity contribution in [3.8, 4) is 0 Å². The van der Waals surface area contributed by atoms with E-state index in [1.165, 1.54) is 7.11 Å². The monoisotopic (exact) mass is 259 g/mol. The molecule has 2 unspecified atom stereocenters. The fourth-order valence-corrected chi connectivity index (χ4v) is 2.18. The van der Waals surface area contributed by atoms with Gasteiger partial charge in [-0.15, -0.1) is 6.58 Å². The second-order valence-corrected chi connectivity index (χ2v) is 4.45. The molecule has 0 aliphatic carbocycles. The zero-order chi connectivity index (χ0) is 13.9. The van der Waals surface area contributed by atoms with Gasteiger partial charge in [0.25, 0.3) is 0 Å². The predicted octanol–water partition coefficient (Wildman–Crippen LogP) is 2.34. The molecule has 4 heteroatoms. The molecule has 1 aromatic rings. The van der Waals surface area contributed by atoms with Crippen LogP contribution in [0.4, 0.5) is 0 Å². The van der Waals surface area contributed by atoms with Crippen LogP contribution in [0.1, 0.15) is 18.9 Å². The van der Waals surface area contributed by atoms with Crippen molar-refractivity contribution in [2.45, 2.75) is 25.0 Å². The van der Waals surface area contributed by atoms with Crippen molar-refractivity contribution in [2.75, 3.05) is 7.11 Å². The van der Waals surface area contributed by atoms with Crippen LogP contribution in [0, 0.1) is 0 Å². The van der Waals surface area contributed by atoms with Crippen LogP contribution in [0.5, 0.6) is 0 Å². The predicted molar refractivity (Wildman–Crippen MR) is 73.1 cm³/mol. The van der Waals surface area contributed by atoms with Gasteiger partial charge >= 0.3 is 5.97 Å². The lowest BCUT2D eigenvalue weighted by Crippen LogP contribution is -2.44. The van der Waals surface area contributed by atoms with E-state index in [9.17, 15) is 4.79 Å². The van der Waals surface area contributed by atoms with Gasteiger partial charge in [0.1, 0.15) is 6.10 Å². The zero-order valence-corrected chi connectivity index (χ0v) is 11.1. The summed E-state index contributed by atoms with van der Waals surface area (Å²) in [5, 5.41) is 0. The molecule has 0 aromatic heterocycles. The van der Waals surface area contributed by atoms with Gasteiger partial charge in [-0.05, 0) is 19.1 Å². The molecule has 19 heavy (non-hydrogen) atoms. The number of hydrogen-bond donors (Lipinski definition) is 0. The number of methoxy groups -OCH3 is 1. The maximum atomic E-state index is 12.1. The lowest BCUT2D eigenvalue weighted by atomic mass is 9.91. The average molecular weight is 259 g/mol. The van der Waals surface area contributed by atoms with Crippen molar-refractivity contribution in [1.82, 2.24) is 0 Å². The molecule has 0 saturated heterocycles. The van der Waals surface area contributed by atoms with Gasteiger partial charge in [-0.1, -0.05) is 24.3 Å². The molecule has 0 N–H and O–H groups in total. The van der Waals surface area contributed by atoms with E-state index in [2.05, 4.69) is 11.6 Å². The second kappa shape index (κ2) is 5.26. The van der Waals surface area contributed by atoms with E-state index in [0.29, 0.717) is 12.3 Å². The standard InChI is InChI=1S/C15H17NO3/c1-4-10-15(14(17)18-3)11(2)19-13(16-15)12-8-6-5-7-9-12/h4-9,11H,1,10H2,2-3H3. The molecule has 2 atom stereocenters. The number of benzene rings is 1.